The summed E-state index contributed by atoms with van der Waals surface area (Å²) in [7, 11) is 0. The summed E-state index contributed by atoms with van der Waals surface area (Å²) in [6.45, 7) is 3.06. The van der Waals surface area contributed by atoms with Crippen molar-refractivity contribution in [3.8, 4) is 0 Å². The molecule has 6 heteroatoms. The van der Waals surface area contributed by atoms with E-state index in [1.807, 2.05) is 10.7 Å². The second-order valence-electron chi connectivity index (χ2n) is 6.05. The van der Waals surface area contributed by atoms with Crippen LogP contribution < -0.4 is 5.56 Å². The third-order valence-electron chi connectivity index (χ3n) is 4.55. The first-order valence-electron chi connectivity index (χ1n) is 7.98. The zero-order chi connectivity index (χ0) is 15.6. The highest BCUT2D eigenvalue weighted by atomic mass is 16.1. The van der Waals surface area contributed by atoms with Gasteiger partial charge in [-0.2, -0.15) is 5.10 Å². The summed E-state index contributed by atoms with van der Waals surface area (Å²) >= 11 is 0. The van der Waals surface area contributed by atoms with Gasteiger partial charge in [-0.25, -0.2) is 9.67 Å². The minimum Gasteiger partial charge on any atom is -0.312 e. The molecule has 23 heavy (non-hydrogen) atoms. The molecule has 1 aliphatic rings. The van der Waals surface area contributed by atoms with E-state index in [1.54, 1.807) is 6.20 Å². The summed E-state index contributed by atoms with van der Waals surface area (Å²) in [6.07, 6.45) is 5.13. The lowest BCUT2D eigenvalue weighted by Crippen LogP contribution is -2.34. The van der Waals surface area contributed by atoms with Crippen LogP contribution in [0.2, 0.25) is 0 Å². The van der Waals surface area contributed by atoms with Crippen molar-refractivity contribution in [1.29, 1.82) is 0 Å². The molecule has 4 rings (SSSR count). The largest absolute Gasteiger partial charge is 0.312 e. The van der Waals surface area contributed by atoms with E-state index in [4.69, 9.17) is 0 Å². The molecule has 1 aromatic carbocycles. The first kappa shape index (κ1) is 14.1. The van der Waals surface area contributed by atoms with Gasteiger partial charge in [0.15, 0.2) is 5.65 Å². The first-order valence-corrected chi connectivity index (χ1v) is 7.98. The summed E-state index contributed by atoms with van der Waals surface area (Å²) in [5, 5.41) is 4.97. The van der Waals surface area contributed by atoms with Crippen LogP contribution in [0.3, 0.4) is 0 Å². The SMILES string of the molecule is O=c1[nH]cnc2c1cnn2C1CCN(Cc2ccccc2)CC1. The third-order valence-corrected chi connectivity index (χ3v) is 4.55. The Bertz CT molecular complexity index is 846. The molecule has 1 aliphatic heterocycles. The van der Waals surface area contributed by atoms with Gasteiger partial charge >= 0.3 is 0 Å². The molecule has 0 amide bonds. The molecule has 0 unspecified atom stereocenters. The van der Waals surface area contributed by atoms with Gasteiger partial charge in [-0.15, -0.1) is 0 Å². The Kier molecular flexibility index (Phi) is 3.67. The Morgan fingerprint density at radius 2 is 1.96 bits per heavy atom. The predicted molar refractivity (Wildman–Crippen MR) is 88.1 cm³/mol. The summed E-state index contributed by atoms with van der Waals surface area (Å²) < 4.78 is 1.92. The van der Waals surface area contributed by atoms with Gasteiger partial charge in [-0.1, -0.05) is 30.3 Å². The number of aromatic amines is 1. The van der Waals surface area contributed by atoms with E-state index in [1.165, 1.54) is 11.9 Å². The van der Waals surface area contributed by atoms with Crippen LogP contribution in [0.25, 0.3) is 11.0 Å². The first-order chi connectivity index (χ1) is 11.3. The van der Waals surface area contributed by atoms with Crippen LogP contribution in [0.4, 0.5) is 0 Å². The molecule has 1 fully saturated rings. The fourth-order valence-corrected chi connectivity index (χ4v) is 3.31. The second kappa shape index (κ2) is 5.96. The van der Waals surface area contributed by atoms with E-state index < -0.39 is 0 Å². The zero-order valence-corrected chi connectivity index (χ0v) is 12.9. The van der Waals surface area contributed by atoms with Gasteiger partial charge in [0.05, 0.1) is 18.6 Å². The van der Waals surface area contributed by atoms with Crippen molar-refractivity contribution in [3.63, 3.8) is 0 Å². The van der Waals surface area contributed by atoms with Crippen LogP contribution >= 0.6 is 0 Å². The Balaban J connectivity index is 1.47. The zero-order valence-electron chi connectivity index (χ0n) is 12.9. The molecular weight excluding hydrogens is 290 g/mol. The Morgan fingerprint density at radius 1 is 1.17 bits per heavy atom. The molecule has 0 radical (unpaired) electrons. The maximum absolute atomic E-state index is 11.8. The lowest BCUT2D eigenvalue weighted by molar-refractivity contribution is 0.175. The number of rotatable bonds is 3. The molecular formula is C17H19N5O. The van der Waals surface area contributed by atoms with E-state index in [0.29, 0.717) is 17.1 Å². The minimum absolute atomic E-state index is 0.122. The smallest absolute Gasteiger partial charge is 0.261 e. The van der Waals surface area contributed by atoms with Gasteiger partial charge in [0, 0.05) is 19.6 Å². The van der Waals surface area contributed by atoms with Crippen LogP contribution in [0.1, 0.15) is 24.4 Å². The number of benzene rings is 1. The lowest BCUT2D eigenvalue weighted by atomic mass is 10.0. The van der Waals surface area contributed by atoms with E-state index >= 15 is 0 Å². The second-order valence-corrected chi connectivity index (χ2v) is 6.05. The number of fused-ring (bicyclic) bond motifs is 1. The number of H-pyrrole nitrogens is 1. The van der Waals surface area contributed by atoms with Gasteiger partial charge in [-0.3, -0.25) is 9.69 Å². The normalized spacial score (nSPS) is 16.9. The fraction of sp³-hybridized carbons (Fsp3) is 0.353. The number of nitrogens with zero attached hydrogens (tertiary/aromatic N) is 4. The average molecular weight is 309 g/mol. The predicted octanol–water partition coefficient (Wildman–Crippen LogP) is 1.96. The van der Waals surface area contributed by atoms with Crippen molar-refractivity contribution in [2.75, 3.05) is 13.1 Å². The Hall–Kier alpha value is -2.47. The van der Waals surface area contributed by atoms with E-state index in [9.17, 15) is 4.79 Å². The van der Waals surface area contributed by atoms with Crippen LogP contribution in [0.15, 0.2) is 47.7 Å². The number of aromatic nitrogens is 4. The van der Waals surface area contributed by atoms with E-state index in [2.05, 4.69) is 44.2 Å². The van der Waals surface area contributed by atoms with Gasteiger partial charge in [0.25, 0.3) is 5.56 Å². The van der Waals surface area contributed by atoms with Gasteiger partial charge < -0.3 is 4.98 Å². The maximum atomic E-state index is 11.8. The van der Waals surface area contributed by atoms with Gasteiger partial charge in [0.1, 0.15) is 5.39 Å². The molecule has 0 atom stereocenters. The number of nitrogens with one attached hydrogen (secondary N) is 1. The van der Waals surface area contributed by atoms with Crippen molar-refractivity contribution in [3.05, 3.63) is 58.8 Å². The van der Waals surface area contributed by atoms with Crippen molar-refractivity contribution in [1.82, 2.24) is 24.6 Å². The van der Waals surface area contributed by atoms with Crippen LogP contribution in [0.5, 0.6) is 0 Å². The Morgan fingerprint density at radius 3 is 2.74 bits per heavy atom. The van der Waals surface area contributed by atoms with Crippen LogP contribution in [-0.2, 0) is 6.54 Å². The number of likely N-dealkylation sites (tertiary alicyclic amines) is 1. The topological polar surface area (TPSA) is 66.8 Å². The average Bonchev–Trinajstić information content (AvgIpc) is 3.02. The lowest BCUT2D eigenvalue weighted by Gasteiger charge is -2.32. The standard InChI is InChI=1S/C17H19N5O/c23-17-15-10-20-22(16(15)18-12-19-17)14-6-8-21(9-7-14)11-13-4-2-1-3-5-13/h1-5,10,12,14H,6-9,11H2,(H,18,19,23). The molecule has 6 nitrogen and oxygen atoms in total. The summed E-state index contributed by atoms with van der Waals surface area (Å²) in [4.78, 5) is 21.1. The molecule has 1 saturated heterocycles. The molecule has 2 aromatic heterocycles. The van der Waals surface area contributed by atoms with E-state index in [0.717, 1.165) is 32.5 Å². The van der Waals surface area contributed by atoms with Crippen LogP contribution in [-0.4, -0.2) is 37.7 Å². The highest BCUT2D eigenvalue weighted by Gasteiger charge is 2.23. The molecule has 0 aliphatic carbocycles. The minimum atomic E-state index is -0.122. The maximum Gasteiger partial charge on any atom is 0.261 e. The molecule has 118 valence electrons. The molecule has 3 heterocycles. The molecule has 0 saturated carbocycles. The fourth-order valence-electron chi connectivity index (χ4n) is 3.31. The number of hydrogen-bond donors (Lipinski definition) is 1. The highest BCUT2D eigenvalue weighted by Crippen LogP contribution is 2.25. The van der Waals surface area contributed by atoms with Crippen molar-refractivity contribution in [2.45, 2.75) is 25.4 Å². The number of piperidine rings is 1. The van der Waals surface area contributed by atoms with Gasteiger partial charge in [0.2, 0.25) is 0 Å². The molecule has 0 spiro atoms. The monoisotopic (exact) mass is 309 g/mol. The third kappa shape index (κ3) is 2.77. The van der Waals surface area contributed by atoms with Crippen molar-refractivity contribution < 1.29 is 0 Å². The summed E-state index contributed by atoms with van der Waals surface area (Å²) in [5.41, 5.74) is 1.92. The van der Waals surface area contributed by atoms with Crippen molar-refractivity contribution in [2.24, 2.45) is 0 Å². The Labute approximate surface area is 133 Å². The molecule has 3 aromatic rings. The number of hydrogen-bond acceptors (Lipinski definition) is 4. The molecule has 1 N–H and O–H groups in total. The van der Waals surface area contributed by atoms with Crippen molar-refractivity contribution >= 4 is 11.0 Å². The van der Waals surface area contributed by atoms with Crippen LogP contribution in [0, 0.1) is 0 Å². The molecule has 0 bridgehead atoms. The quantitative estimate of drug-likeness (QED) is 0.803. The van der Waals surface area contributed by atoms with Gasteiger partial charge in [-0.05, 0) is 18.4 Å². The van der Waals surface area contributed by atoms with E-state index in [-0.39, 0.29) is 5.56 Å². The summed E-state index contributed by atoms with van der Waals surface area (Å²) in [5.74, 6) is 0. The highest BCUT2D eigenvalue weighted by molar-refractivity contribution is 5.72. The summed E-state index contributed by atoms with van der Waals surface area (Å²) in [6, 6.07) is 10.9.